The van der Waals surface area contributed by atoms with Gasteiger partial charge in [-0.05, 0) is 49.2 Å². The average Bonchev–Trinajstić information content (AvgIpc) is 2.47. The summed E-state index contributed by atoms with van der Waals surface area (Å²) in [6, 6.07) is 14.2. The summed E-state index contributed by atoms with van der Waals surface area (Å²) in [6.45, 7) is 4.65. The first-order chi connectivity index (χ1) is 10.0. The summed E-state index contributed by atoms with van der Waals surface area (Å²) < 4.78 is 32.3. The van der Waals surface area contributed by atoms with Gasteiger partial charge in [-0.15, -0.1) is 0 Å². The predicted molar refractivity (Wildman–Crippen MR) is 82.8 cm³/mol. The minimum Gasteiger partial charge on any atom is -0.494 e. The molecule has 0 saturated carbocycles. The number of hydrogen-bond acceptors (Lipinski definition) is 3. The zero-order valence-corrected chi connectivity index (χ0v) is 13.0. The lowest BCUT2D eigenvalue weighted by Crippen LogP contribution is -2.23. The average molecular weight is 305 g/mol. The first-order valence-corrected chi connectivity index (χ1v) is 8.27. The quantitative estimate of drug-likeness (QED) is 0.893. The van der Waals surface area contributed by atoms with Crippen molar-refractivity contribution in [1.82, 2.24) is 4.72 Å². The van der Waals surface area contributed by atoms with Gasteiger partial charge >= 0.3 is 0 Å². The molecule has 0 atom stereocenters. The van der Waals surface area contributed by atoms with Crippen LogP contribution in [-0.2, 0) is 16.6 Å². The third kappa shape index (κ3) is 4.31. The van der Waals surface area contributed by atoms with Crippen LogP contribution in [-0.4, -0.2) is 15.0 Å². The number of aryl methyl sites for hydroxylation is 1. The lowest BCUT2D eigenvalue weighted by atomic mass is 10.2. The standard InChI is InChI=1S/C16H19NO3S/c1-3-20-15-9-7-14(8-10-15)12-17-21(18,19)16-6-4-5-13(2)11-16/h4-11,17H,3,12H2,1-2H3. The number of nitrogens with one attached hydrogen (secondary N) is 1. The Morgan fingerprint density at radius 2 is 1.81 bits per heavy atom. The number of rotatable bonds is 6. The molecule has 0 amide bonds. The summed E-state index contributed by atoms with van der Waals surface area (Å²) >= 11 is 0. The molecular weight excluding hydrogens is 286 g/mol. The van der Waals surface area contributed by atoms with E-state index in [0.717, 1.165) is 16.9 Å². The topological polar surface area (TPSA) is 55.4 Å². The summed E-state index contributed by atoms with van der Waals surface area (Å²) in [5, 5.41) is 0. The number of ether oxygens (including phenoxy) is 1. The zero-order valence-electron chi connectivity index (χ0n) is 12.2. The normalized spacial score (nSPS) is 11.3. The van der Waals surface area contributed by atoms with E-state index in [1.165, 1.54) is 0 Å². The van der Waals surface area contributed by atoms with Crippen molar-refractivity contribution in [2.75, 3.05) is 6.61 Å². The van der Waals surface area contributed by atoms with Gasteiger partial charge in [0.05, 0.1) is 11.5 Å². The molecule has 2 aromatic carbocycles. The zero-order chi connectivity index (χ0) is 15.3. The predicted octanol–water partition coefficient (Wildman–Crippen LogP) is 2.87. The third-order valence-corrected chi connectivity index (χ3v) is 4.40. The SMILES string of the molecule is CCOc1ccc(CNS(=O)(=O)c2cccc(C)c2)cc1. The van der Waals surface area contributed by atoms with Crippen LogP contribution < -0.4 is 9.46 Å². The second-order valence-electron chi connectivity index (χ2n) is 4.72. The molecule has 4 nitrogen and oxygen atoms in total. The fraction of sp³-hybridized carbons (Fsp3) is 0.250. The maximum atomic E-state index is 12.2. The van der Waals surface area contributed by atoms with Crippen molar-refractivity contribution in [2.24, 2.45) is 0 Å². The van der Waals surface area contributed by atoms with Gasteiger partial charge < -0.3 is 4.74 Å². The summed E-state index contributed by atoms with van der Waals surface area (Å²) in [5.74, 6) is 0.780. The van der Waals surface area contributed by atoms with Crippen molar-refractivity contribution < 1.29 is 13.2 Å². The fourth-order valence-corrected chi connectivity index (χ4v) is 3.04. The number of sulfonamides is 1. The molecule has 0 saturated heterocycles. The highest BCUT2D eigenvalue weighted by atomic mass is 32.2. The van der Waals surface area contributed by atoms with Crippen molar-refractivity contribution >= 4 is 10.0 Å². The van der Waals surface area contributed by atoms with Crippen LogP contribution in [0.4, 0.5) is 0 Å². The van der Waals surface area contributed by atoms with E-state index in [1.54, 1.807) is 18.2 Å². The molecule has 112 valence electrons. The molecule has 21 heavy (non-hydrogen) atoms. The smallest absolute Gasteiger partial charge is 0.240 e. The lowest BCUT2D eigenvalue weighted by molar-refractivity contribution is 0.340. The molecule has 0 heterocycles. The van der Waals surface area contributed by atoms with Gasteiger partial charge in [0.1, 0.15) is 5.75 Å². The summed E-state index contributed by atoms with van der Waals surface area (Å²) in [7, 11) is -3.48. The largest absolute Gasteiger partial charge is 0.494 e. The van der Waals surface area contributed by atoms with Crippen molar-refractivity contribution in [3.63, 3.8) is 0 Å². The van der Waals surface area contributed by atoms with Gasteiger partial charge in [-0.2, -0.15) is 0 Å². The van der Waals surface area contributed by atoms with Crippen LogP contribution >= 0.6 is 0 Å². The highest BCUT2D eigenvalue weighted by Gasteiger charge is 2.13. The van der Waals surface area contributed by atoms with Gasteiger partial charge in [-0.1, -0.05) is 24.3 Å². The Bertz CT molecular complexity index is 694. The van der Waals surface area contributed by atoms with Crippen LogP contribution in [0.15, 0.2) is 53.4 Å². The Kier molecular flexibility index (Phi) is 4.98. The first kappa shape index (κ1) is 15.5. The van der Waals surface area contributed by atoms with E-state index in [-0.39, 0.29) is 11.4 Å². The molecule has 0 bridgehead atoms. The first-order valence-electron chi connectivity index (χ1n) is 6.79. The highest BCUT2D eigenvalue weighted by Crippen LogP contribution is 2.14. The number of benzene rings is 2. The van der Waals surface area contributed by atoms with Crippen LogP contribution in [0, 0.1) is 6.92 Å². The molecule has 1 N–H and O–H groups in total. The van der Waals surface area contributed by atoms with Gasteiger partial charge in [0.2, 0.25) is 10.0 Å². The third-order valence-electron chi connectivity index (χ3n) is 3.00. The number of hydrogen-bond donors (Lipinski definition) is 1. The Morgan fingerprint density at radius 3 is 2.43 bits per heavy atom. The van der Waals surface area contributed by atoms with E-state index in [1.807, 2.05) is 44.2 Å². The maximum Gasteiger partial charge on any atom is 0.240 e. The van der Waals surface area contributed by atoms with E-state index < -0.39 is 10.0 Å². The summed E-state index contributed by atoms with van der Waals surface area (Å²) in [5.41, 5.74) is 1.80. The summed E-state index contributed by atoms with van der Waals surface area (Å²) in [6.07, 6.45) is 0. The second-order valence-corrected chi connectivity index (χ2v) is 6.48. The van der Waals surface area contributed by atoms with E-state index in [9.17, 15) is 8.42 Å². The monoisotopic (exact) mass is 305 g/mol. The summed E-state index contributed by atoms with van der Waals surface area (Å²) in [4.78, 5) is 0.286. The molecule has 0 fully saturated rings. The van der Waals surface area contributed by atoms with Crippen LogP contribution in [0.2, 0.25) is 0 Å². The van der Waals surface area contributed by atoms with Crippen molar-refractivity contribution in [3.05, 3.63) is 59.7 Å². The molecule has 5 heteroatoms. The highest BCUT2D eigenvalue weighted by molar-refractivity contribution is 7.89. The Hall–Kier alpha value is -1.85. The fourth-order valence-electron chi connectivity index (χ4n) is 1.91. The molecular formula is C16H19NO3S. The van der Waals surface area contributed by atoms with Gasteiger partial charge in [0.15, 0.2) is 0 Å². The van der Waals surface area contributed by atoms with Crippen LogP contribution in [0.1, 0.15) is 18.1 Å². The second kappa shape index (κ2) is 6.74. The van der Waals surface area contributed by atoms with Crippen LogP contribution in [0.25, 0.3) is 0 Å². The maximum absolute atomic E-state index is 12.2. The van der Waals surface area contributed by atoms with E-state index in [4.69, 9.17) is 4.74 Å². The molecule has 0 aromatic heterocycles. The molecule has 0 aliphatic heterocycles. The van der Waals surface area contributed by atoms with E-state index >= 15 is 0 Å². The molecule has 0 aliphatic carbocycles. The van der Waals surface area contributed by atoms with Gasteiger partial charge in [-0.3, -0.25) is 0 Å². The van der Waals surface area contributed by atoms with E-state index in [2.05, 4.69) is 4.72 Å². The molecule has 0 radical (unpaired) electrons. The Balaban J connectivity index is 2.04. The Morgan fingerprint density at radius 1 is 1.10 bits per heavy atom. The van der Waals surface area contributed by atoms with Gasteiger partial charge in [0.25, 0.3) is 0 Å². The molecule has 0 spiro atoms. The molecule has 2 aromatic rings. The minimum atomic E-state index is -3.48. The van der Waals surface area contributed by atoms with Gasteiger partial charge in [0, 0.05) is 6.54 Å². The molecule has 2 rings (SSSR count). The van der Waals surface area contributed by atoms with E-state index in [0.29, 0.717) is 6.61 Å². The van der Waals surface area contributed by atoms with Crippen molar-refractivity contribution in [3.8, 4) is 5.75 Å². The van der Waals surface area contributed by atoms with Crippen LogP contribution in [0.3, 0.4) is 0 Å². The molecule has 0 aliphatic rings. The van der Waals surface area contributed by atoms with Crippen LogP contribution in [0.5, 0.6) is 5.75 Å². The minimum absolute atomic E-state index is 0.253. The Labute approximate surface area is 125 Å². The van der Waals surface area contributed by atoms with Gasteiger partial charge in [-0.25, -0.2) is 13.1 Å². The van der Waals surface area contributed by atoms with Crippen molar-refractivity contribution in [2.45, 2.75) is 25.3 Å². The lowest BCUT2D eigenvalue weighted by Gasteiger charge is -2.08. The molecule has 0 unspecified atom stereocenters. The van der Waals surface area contributed by atoms with Crippen molar-refractivity contribution in [1.29, 1.82) is 0 Å².